The topological polar surface area (TPSA) is 72.8 Å². The summed E-state index contributed by atoms with van der Waals surface area (Å²) in [4.78, 5) is 24.5. The summed E-state index contributed by atoms with van der Waals surface area (Å²) in [6, 6.07) is 0. The molecule has 0 saturated carbocycles. The number of carbonyl (C=O) groups is 2. The molecule has 374 valence electrons. The molecule has 0 aromatic carbocycles. The Morgan fingerprint density at radius 3 is 0.953 bits per heavy atom. The predicted molar refractivity (Wildman–Crippen MR) is 279 cm³/mol. The van der Waals surface area contributed by atoms with Crippen molar-refractivity contribution in [1.82, 2.24) is 0 Å². The lowest BCUT2D eigenvalue weighted by Gasteiger charge is -2.15. The van der Waals surface area contributed by atoms with Gasteiger partial charge in [0.15, 0.2) is 6.10 Å². The Kier molecular flexibility index (Phi) is 53.3. The van der Waals surface area contributed by atoms with E-state index >= 15 is 0 Å². The van der Waals surface area contributed by atoms with E-state index in [-0.39, 0.29) is 25.2 Å². The van der Waals surface area contributed by atoms with Crippen molar-refractivity contribution >= 4 is 11.9 Å². The average molecular weight is 898 g/mol. The molecule has 0 amide bonds. The van der Waals surface area contributed by atoms with Crippen LogP contribution >= 0.6 is 0 Å². The molecule has 5 heteroatoms. The Morgan fingerprint density at radius 2 is 0.625 bits per heavy atom. The Hall–Kier alpha value is -2.14. The highest BCUT2D eigenvalue weighted by molar-refractivity contribution is 5.70. The lowest BCUT2D eigenvalue weighted by Crippen LogP contribution is -2.28. The van der Waals surface area contributed by atoms with Gasteiger partial charge in [-0.15, -0.1) is 0 Å². The highest BCUT2D eigenvalue weighted by atomic mass is 16.6. The number of carbonyl (C=O) groups excluding carboxylic acids is 2. The summed E-state index contributed by atoms with van der Waals surface area (Å²) in [7, 11) is 0. The van der Waals surface area contributed by atoms with Gasteiger partial charge in [0.25, 0.3) is 0 Å². The van der Waals surface area contributed by atoms with E-state index in [0.29, 0.717) is 12.8 Å². The maximum atomic E-state index is 12.3. The number of esters is 2. The summed E-state index contributed by atoms with van der Waals surface area (Å²) in [5.41, 5.74) is 0. The van der Waals surface area contributed by atoms with Crippen LogP contribution in [0.15, 0.2) is 48.6 Å². The van der Waals surface area contributed by atoms with E-state index in [1.54, 1.807) is 0 Å². The van der Waals surface area contributed by atoms with Gasteiger partial charge in [-0.1, -0.05) is 255 Å². The summed E-state index contributed by atoms with van der Waals surface area (Å²) in [6.45, 7) is 4.16. The van der Waals surface area contributed by atoms with Crippen molar-refractivity contribution in [3.05, 3.63) is 48.6 Å². The average Bonchev–Trinajstić information content (AvgIpc) is 3.30. The molecular weight excluding hydrogens is 789 g/mol. The second kappa shape index (κ2) is 55.2. The monoisotopic (exact) mass is 897 g/mol. The third-order valence-electron chi connectivity index (χ3n) is 12.6. The largest absolute Gasteiger partial charge is 0.462 e. The maximum Gasteiger partial charge on any atom is 0.306 e. The lowest BCUT2D eigenvalue weighted by atomic mass is 10.0. The van der Waals surface area contributed by atoms with Crippen LogP contribution < -0.4 is 0 Å². The molecule has 0 spiro atoms. The molecule has 0 rings (SSSR count). The number of aliphatic hydroxyl groups excluding tert-OH is 1. The first-order valence-electron chi connectivity index (χ1n) is 28.2. The second-order valence-electron chi connectivity index (χ2n) is 19.0. The van der Waals surface area contributed by atoms with Gasteiger partial charge in [-0.05, 0) is 77.0 Å². The molecule has 0 radical (unpaired) electrons. The number of aliphatic hydroxyl groups is 1. The van der Waals surface area contributed by atoms with Gasteiger partial charge in [-0.3, -0.25) is 9.59 Å². The first-order valence-corrected chi connectivity index (χ1v) is 28.2. The SMILES string of the molecule is CCCCCCC/C=C\C/C=C\C/C=C\CCCCCCCCCCCCC(=O)OC(CO)COC(=O)CCCCCCCCCCCCCCC/C=C\CCCCCCCCCC. The van der Waals surface area contributed by atoms with Crippen LogP contribution in [-0.4, -0.2) is 36.4 Å². The number of rotatable bonds is 52. The third-order valence-corrected chi connectivity index (χ3v) is 12.6. The van der Waals surface area contributed by atoms with Gasteiger partial charge < -0.3 is 14.6 Å². The number of hydrogen-bond acceptors (Lipinski definition) is 5. The molecule has 1 atom stereocenters. The van der Waals surface area contributed by atoms with Crippen molar-refractivity contribution in [2.45, 2.75) is 302 Å². The molecule has 1 N–H and O–H groups in total. The zero-order chi connectivity index (χ0) is 46.3. The fraction of sp³-hybridized carbons (Fsp3) is 0.831. The van der Waals surface area contributed by atoms with Crippen LogP contribution in [0.1, 0.15) is 296 Å². The Morgan fingerprint density at radius 1 is 0.359 bits per heavy atom. The first-order chi connectivity index (χ1) is 31.6. The molecule has 0 aromatic rings. The van der Waals surface area contributed by atoms with Gasteiger partial charge in [0.05, 0.1) is 6.61 Å². The van der Waals surface area contributed by atoms with Crippen LogP contribution in [0.2, 0.25) is 0 Å². The van der Waals surface area contributed by atoms with Crippen LogP contribution in [0.4, 0.5) is 0 Å². The van der Waals surface area contributed by atoms with E-state index in [4.69, 9.17) is 9.47 Å². The van der Waals surface area contributed by atoms with Crippen molar-refractivity contribution in [3.8, 4) is 0 Å². The summed E-state index contributed by atoms with van der Waals surface area (Å²) in [6.07, 6.45) is 72.2. The van der Waals surface area contributed by atoms with Crippen LogP contribution in [-0.2, 0) is 19.1 Å². The third kappa shape index (κ3) is 52.5. The van der Waals surface area contributed by atoms with Crippen molar-refractivity contribution < 1.29 is 24.2 Å². The normalized spacial score (nSPS) is 12.5. The van der Waals surface area contributed by atoms with Gasteiger partial charge in [-0.2, -0.15) is 0 Å². The molecule has 0 saturated heterocycles. The molecule has 0 aromatic heterocycles. The highest BCUT2D eigenvalue weighted by Gasteiger charge is 2.16. The number of unbranched alkanes of at least 4 members (excludes halogenated alkanes) is 36. The van der Waals surface area contributed by atoms with Crippen LogP contribution in [0, 0.1) is 0 Å². The number of hydrogen-bond donors (Lipinski definition) is 1. The molecule has 64 heavy (non-hydrogen) atoms. The van der Waals surface area contributed by atoms with Crippen LogP contribution in [0.25, 0.3) is 0 Å². The zero-order valence-corrected chi connectivity index (χ0v) is 42.8. The van der Waals surface area contributed by atoms with Gasteiger partial charge >= 0.3 is 11.9 Å². The highest BCUT2D eigenvalue weighted by Crippen LogP contribution is 2.16. The standard InChI is InChI=1S/C59H108O5/c1-3-5-7-9-11-13-15-17-19-21-23-25-27-29-31-33-35-37-39-41-43-45-47-49-51-53-58(61)63-56-57(55-60)64-59(62)54-52-50-48-46-44-42-40-38-36-34-32-30-28-26-24-22-20-18-16-14-12-10-8-6-4-2/h16,18,21-24,28,30,57,60H,3-15,17,19-20,25-27,29,31-56H2,1-2H3/b18-16-,23-21-,24-22-,30-28-. The molecule has 0 heterocycles. The number of allylic oxidation sites excluding steroid dienone is 8. The first kappa shape index (κ1) is 61.9. The van der Waals surface area contributed by atoms with E-state index in [1.165, 1.54) is 218 Å². The smallest absolute Gasteiger partial charge is 0.306 e. The summed E-state index contributed by atoms with van der Waals surface area (Å²) in [5.74, 6) is -0.584. The molecule has 1 unspecified atom stereocenters. The molecule has 0 bridgehead atoms. The van der Waals surface area contributed by atoms with Gasteiger partial charge in [-0.25, -0.2) is 0 Å². The molecule has 5 nitrogen and oxygen atoms in total. The van der Waals surface area contributed by atoms with Gasteiger partial charge in [0.1, 0.15) is 6.61 Å². The minimum atomic E-state index is -0.775. The van der Waals surface area contributed by atoms with Crippen molar-refractivity contribution in [2.24, 2.45) is 0 Å². The fourth-order valence-corrected chi connectivity index (χ4v) is 8.32. The van der Waals surface area contributed by atoms with E-state index in [0.717, 1.165) is 51.4 Å². The predicted octanol–water partition coefficient (Wildman–Crippen LogP) is 18.9. The molecular formula is C59H108O5. The molecule has 0 aliphatic rings. The molecule has 0 aliphatic carbocycles. The molecule has 0 fully saturated rings. The van der Waals surface area contributed by atoms with E-state index in [1.807, 2.05) is 0 Å². The quantitative estimate of drug-likeness (QED) is 0.0374. The van der Waals surface area contributed by atoms with Crippen molar-refractivity contribution in [2.75, 3.05) is 13.2 Å². The summed E-state index contributed by atoms with van der Waals surface area (Å²) < 4.78 is 10.7. The number of ether oxygens (including phenoxy) is 2. The van der Waals surface area contributed by atoms with Gasteiger partial charge in [0, 0.05) is 12.8 Å². The Bertz CT molecular complexity index is 1060. The summed E-state index contributed by atoms with van der Waals surface area (Å²) >= 11 is 0. The van der Waals surface area contributed by atoms with Crippen LogP contribution in [0.3, 0.4) is 0 Å². The Labute approximate surface area is 398 Å². The minimum absolute atomic E-state index is 0.0657. The van der Waals surface area contributed by atoms with Crippen LogP contribution in [0.5, 0.6) is 0 Å². The van der Waals surface area contributed by atoms with Crippen molar-refractivity contribution in [3.63, 3.8) is 0 Å². The van der Waals surface area contributed by atoms with E-state index in [2.05, 4.69) is 62.5 Å². The second-order valence-corrected chi connectivity index (χ2v) is 19.0. The Balaban J connectivity index is 3.48. The summed E-state index contributed by atoms with van der Waals surface area (Å²) in [5, 5.41) is 9.65. The zero-order valence-electron chi connectivity index (χ0n) is 42.8. The molecule has 0 aliphatic heterocycles. The van der Waals surface area contributed by atoms with Gasteiger partial charge in [0.2, 0.25) is 0 Å². The minimum Gasteiger partial charge on any atom is -0.462 e. The fourth-order valence-electron chi connectivity index (χ4n) is 8.32. The lowest BCUT2D eigenvalue weighted by molar-refractivity contribution is -0.161. The van der Waals surface area contributed by atoms with E-state index < -0.39 is 6.10 Å². The maximum absolute atomic E-state index is 12.3. The van der Waals surface area contributed by atoms with Crippen molar-refractivity contribution in [1.29, 1.82) is 0 Å². The van der Waals surface area contributed by atoms with E-state index in [9.17, 15) is 14.7 Å².